The second-order valence-electron chi connectivity index (χ2n) is 7.72. The number of nitrogens with zero attached hydrogens (tertiary/aromatic N) is 2. The van der Waals surface area contributed by atoms with Crippen molar-refractivity contribution in [1.29, 1.82) is 0 Å². The van der Waals surface area contributed by atoms with E-state index in [1.54, 1.807) is 0 Å². The molecule has 7 heteroatoms. The van der Waals surface area contributed by atoms with Crippen molar-refractivity contribution in [1.82, 2.24) is 14.5 Å². The van der Waals surface area contributed by atoms with E-state index in [4.69, 9.17) is 0 Å². The van der Waals surface area contributed by atoms with Gasteiger partial charge in [0.15, 0.2) is 0 Å². The highest BCUT2D eigenvalue weighted by atomic mass is 32.2. The molecule has 1 heterocycles. The molecular weight excluding hydrogens is 374 g/mol. The minimum absolute atomic E-state index is 0.0366. The van der Waals surface area contributed by atoms with Crippen LogP contribution >= 0.6 is 0 Å². The fraction of sp³-hybridized carbons (Fsp3) is 0.667. The molecule has 1 N–H and O–H groups in total. The highest BCUT2D eigenvalue weighted by Crippen LogP contribution is 2.26. The maximum atomic E-state index is 13.5. The number of unbranched alkanes of at least 4 members (excludes halogenated alkanes) is 2. The molecule has 1 aliphatic rings. The minimum Gasteiger partial charge on any atom is -0.340 e. The van der Waals surface area contributed by atoms with Crippen LogP contribution in [0, 0.1) is 20.8 Å². The number of hydrogen-bond donors (Lipinski definition) is 1. The molecule has 1 amide bonds. The predicted molar refractivity (Wildman–Crippen MR) is 113 cm³/mol. The van der Waals surface area contributed by atoms with E-state index >= 15 is 0 Å². The number of piperazine rings is 1. The van der Waals surface area contributed by atoms with E-state index in [0.717, 1.165) is 49.0 Å². The van der Waals surface area contributed by atoms with Gasteiger partial charge in [-0.15, -0.1) is 0 Å². The fourth-order valence-electron chi connectivity index (χ4n) is 3.89. The summed E-state index contributed by atoms with van der Waals surface area (Å²) in [4.78, 5) is 14.8. The number of carbonyl (C=O) groups is 1. The molecule has 0 aliphatic carbocycles. The molecule has 0 spiro atoms. The van der Waals surface area contributed by atoms with Gasteiger partial charge < -0.3 is 10.2 Å². The van der Waals surface area contributed by atoms with E-state index in [9.17, 15) is 13.2 Å². The van der Waals surface area contributed by atoms with Gasteiger partial charge in [0, 0.05) is 45.7 Å². The summed E-state index contributed by atoms with van der Waals surface area (Å²) in [5.41, 5.74) is 2.60. The van der Waals surface area contributed by atoms with E-state index in [2.05, 4.69) is 12.2 Å². The Kier molecular flexibility index (Phi) is 8.46. The molecule has 0 atom stereocenters. The molecule has 28 heavy (non-hydrogen) atoms. The molecular formula is C21H35N3O3S. The van der Waals surface area contributed by atoms with Gasteiger partial charge in [0.25, 0.3) is 0 Å². The summed E-state index contributed by atoms with van der Waals surface area (Å²) in [7, 11) is -3.64. The van der Waals surface area contributed by atoms with Gasteiger partial charge >= 0.3 is 0 Å². The lowest BCUT2D eigenvalue weighted by atomic mass is 10.1. The zero-order valence-electron chi connectivity index (χ0n) is 17.8. The van der Waals surface area contributed by atoms with Gasteiger partial charge in [0.1, 0.15) is 0 Å². The van der Waals surface area contributed by atoms with E-state index in [0.29, 0.717) is 24.5 Å². The van der Waals surface area contributed by atoms with Crippen molar-refractivity contribution in [3.05, 3.63) is 28.8 Å². The largest absolute Gasteiger partial charge is 0.340 e. The Hall–Kier alpha value is -1.44. The van der Waals surface area contributed by atoms with E-state index in [1.165, 1.54) is 4.31 Å². The predicted octanol–water partition coefficient (Wildman–Crippen LogP) is 2.61. The minimum atomic E-state index is -3.64. The fourth-order valence-corrected chi connectivity index (χ4v) is 5.78. The second kappa shape index (κ2) is 10.4. The summed E-state index contributed by atoms with van der Waals surface area (Å²) in [6, 6.07) is 3.83. The standard InChI is InChI=1S/C21H35N3O3S/c1-5-6-7-11-24(12-8-20(25)23-13-9-22-10-14-23)28(26,27)21-18(3)15-17(2)16-19(21)4/h15-16,22H,5-14H2,1-4H3. The lowest BCUT2D eigenvalue weighted by molar-refractivity contribution is -0.131. The third kappa shape index (κ3) is 5.78. The summed E-state index contributed by atoms with van der Waals surface area (Å²) in [5, 5.41) is 3.23. The summed E-state index contributed by atoms with van der Waals surface area (Å²) in [5.74, 6) is 0.0366. The molecule has 1 aromatic rings. The van der Waals surface area contributed by atoms with Crippen molar-refractivity contribution in [2.75, 3.05) is 39.3 Å². The van der Waals surface area contributed by atoms with Crippen molar-refractivity contribution >= 4 is 15.9 Å². The molecule has 1 saturated heterocycles. The molecule has 1 fully saturated rings. The average Bonchev–Trinajstić information content (AvgIpc) is 2.63. The summed E-state index contributed by atoms with van der Waals surface area (Å²) < 4.78 is 28.4. The van der Waals surface area contributed by atoms with Gasteiger partial charge in [-0.05, 0) is 38.3 Å². The van der Waals surface area contributed by atoms with Gasteiger partial charge in [-0.2, -0.15) is 4.31 Å². The third-order valence-corrected chi connectivity index (χ3v) is 7.46. The Morgan fingerprint density at radius 3 is 2.25 bits per heavy atom. The average molecular weight is 410 g/mol. The number of rotatable bonds is 9. The smallest absolute Gasteiger partial charge is 0.243 e. The molecule has 0 unspecified atom stereocenters. The van der Waals surface area contributed by atoms with Crippen LogP contribution in [0.4, 0.5) is 0 Å². The normalized spacial score (nSPS) is 15.2. The van der Waals surface area contributed by atoms with Gasteiger partial charge in [-0.25, -0.2) is 8.42 Å². The van der Waals surface area contributed by atoms with Gasteiger partial charge in [-0.3, -0.25) is 4.79 Å². The number of hydrogen-bond acceptors (Lipinski definition) is 4. The molecule has 1 aliphatic heterocycles. The number of sulfonamides is 1. The van der Waals surface area contributed by atoms with Crippen LogP contribution in [0.1, 0.15) is 49.3 Å². The molecule has 0 radical (unpaired) electrons. The Balaban J connectivity index is 2.20. The van der Waals surface area contributed by atoms with Crippen molar-refractivity contribution in [2.45, 2.75) is 58.3 Å². The Morgan fingerprint density at radius 2 is 1.68 bits per heavy atom. The lowest BCUT2D eigenvalue weighted by Gasteiger charge is -2.29. The van der Waals surface area contributed by atoms with Crippen LogP contribution in [-0.4, -0.2) is 62.8 Å². The number of carbonyl (C=O) groups excluding carboxylic acids is 1. The second-order valence-corrected chi connectivity index (χ2v) is 9.59. The summed E-state index contributed by atoms with van der Waals surface area (Å²) in [6.45, 7) is 11.4. The zero-order valence-corrected chi connectivity index (χ0v) is 18.6. The Bertz CT molecular complexity index is 748. The van der Waals surface area contributed by atoms with Crippen molar-refractivity contribution < 1.29 is 13.2 Å². The first-order chi connectivity index (χ1) is 13.3. The lowest BCUT2D eigenvalue weighted by Crippen LogP contribution is -2.47. The van der Waals surface area contributed by atoms with Crippen LogP contribution in [0.25, 0.3) is 0 Å². The van der Waals surface area contributed by atoms with E-state index in [-0.39, 0.29) is 18.9 Å². The quantitative estimate of drug-likeness (QED) is 0.637. The SMILES string of the molecule is CCCCCN(CCC(=O)N1CCNCC1)S(=O)(=O)c1c(C)cc(C)cc1C. The van der Waals surface area contributed by atoms with Crippen LogP contribution in [0.3, 0.4) is 0 Å². The first-order valence-corrected chi connectivity index (χ1v) is 11.8. The molecule has 0 saturated carbocycles. The van der Waals surface area contributed by atoms with Gasteiger partial charge in [0.05, 0.1) is 4.90 Å². The number of benzene rings is 1. The maximum absolute atomic E-state index is 13.5. The zero-order chi connectivity index (χ0) is 20.7. The molecule has 6 nitrogen and oxygen atoms in total. The van der Waals surface area contributed by atoms with E-state index < -0.39 is 10.0 Å². The van der Waals surface area contributed by atoms with Crippen molar-refractivity contribution in [3.8, 4) is 0 Å². The number of aryl methyl sites for hydroxylation is 3. The molecule has 2 rings (SSSR count). The van der Waals surface area contributed by atoms with Crippen LogP contribution in [0.5, 0.6) is 0 Å². The van der Waals surface area contributed by atoms with Crippen molar-refractivity contribution in [3.63, 3.8) is 0 Å². The molecule has 1 aromatic carbocycles. The maximum Gasteiger partial charge on any atom is 0.243 e. The first-order valence-electron chi connectivity index (χ1n) is 10.3. The van der Waals surface area contributed by atoms with Crippen LogP contribution in [-0.2, 0) is 14.8 Å². The molecule has 158 valence electrons. The van der Waals surface area contributed by atoms with Crippen LogP contribution in [0.2, 0.25) is 0 Å². The number of amides is 1. The summed E-state index contributed by atoms with van der Waals surface area (Å²) in [6.07, 6.45) is 3.04. The monoisotopic (exact) mass is 409 g/mol. The van der Waals surface area contributed by atoms with E-state index in [1.807, 2.05) is 37.8 Å². The number of nitrogens with one attached hydrogen (secondary N) is 1. The van der Waals surface area contributed by atoms with Crippen LogP contribution in [0.15, 0.2) is 17.0 Å². The van der Waals surface area contributed by atoms with Gasteiger partial charge in [0.2, 0.25) is 15.9 Å². The van der Waals surface area contributed by atoms with Crippen molar-refractivity contribution in [2.24, 2.45) is 0 Å². The Labute approximate surface area is 170 Å². The first kappa shape index (κ1) is 22.8. The molecule has 0 aromatic heterocycles. The van der Waals surface area contributed by atoms with Gasteiger partial charge in [-0.1, -0.05) is 37.5 Å². The topological polar surface area (TPSA) is 69.7 Å². The molecule has 0 bridgehead atoms. The highest BCUT2D eigenvalue weighted by molar-refractivity contribution is 7.89. The third-order valence-electron chi connectivity index (χ3n) is 5.26. The summed E-state index contributed by atoms with van der Waals surface area (Å²) >= 11 is 0. The van der Waals surface area contributed by atoms with Crippen LogP contribution < -0.4 is 5.32 Å². The highest BCUT2D eigenvalue weighted by Gasteiger charge is 2.28. The Morgan fingerprint density at radius 1 is 1.07 bits per heavy atom.